The van der Waals surface area contributed by atoms with Crippen molar-refractivity contribution in [2.75, 3.05) is 0 Å². The minimum atomic E-state index is -0.0209. The second kappa shape index (κ2) is 7.39. The number of hydrogen-bond acceptors (Lipinski definition) is 5. The molecule has 6 heteroatoms. The molecule has 0 atom stereocenters. The Bertz CT molecular complexity index is 1350. The number of thiazole rings is 1. The highest BCUT2D eigenvalue weighted by molar-refractivity contribution is 7.19. The number of thiophene rings is 1. The zero-order chi connectivity index (χ0) is 19.8. The Morgan fingerprint density at radius 3 is 2.38 bits per heavy atom. The topological polar surface area (TPSA) is 47.8 Å². The summed E-state index contributed by atoms with van der Waals surface area (Å²) in [6, 6.07) is 20.1. The molecule has 0 aliphatic rings. The molecule has 0 saturated heterocycles. The molecule has 5 rings (SSSR count). The first-order valence-corrected chi connectivity index (χ1v) is 10.9. The van der Waals surface area contributed by atoms with Crippen LogP contribution in [0.1, 0.15) is 10.6 Å². The molecule has 0 unspecified atom stereocenters. The van der Waals surface area contributed by atoms with E-state index < -0.39 is 0 Å². The Labute approximate surface area is 175 Å². The second-order valence-electron chi connectivity index (χ2n) is 6.77. The summed E-state index contributed by atoms with van der Waals surface area (Å²) >= 11 is 3.16. The first-order chi connectivity index (χ1) is 14.2. The van der Waals surface area contributed by atoms with Crippen LogP contribution < -0.4 is 5.56 Å². The third kappa shape index (κ3) is 3.30. The lowest BCUT2D eigenvalue weighted by molar-refractivity contribution is 0.735. The zero-order valence-corrected chi connectivity index (χ0v) is 17.3. The fourth-order valence-corrected chi connectivity index (χ4v) is 5.29. The molecular weight excluding hydrogens is 398 g/mol. The van der Waals surface area contributed by atoms with Crippen molar-refractivity contribution in [3.8, 4) is 21.7 Å². The van der Waals surface area contributed by atoms with Crippen LogP contribution in [0.25, 0.3) is 31.9 Å². The molecule has 0 spiro atoms. The standard InChI is InChI=1S/C23H17N3OS2/c1-15-19(16-8-4-2-5-9-16)20-22(29-15)24-14-26(23(20)27)12-18-13-28-21(25-18)17-10-6-3-7-11-17/h2-11,13-14H,12H2,1H3. The predicted octanol–water partition coefficient (Wildman–Crippen LogP) is 5.61. The predicted molar refractivity (Wildman–Crippen MR) is 121 cm³/mol. The van der Waals surface area contributed by atoms with Crippen molar-refractivity contribution in [1.82, 2.24) is 14.5 Å². The Morgan fingerprint density at radius 1 is 0.966 bits per heavy atom. The molecule has 0 amide bonds. The minimum absolute atomic E-state index is 0.0209. The number of rotatable bonds is 4. The van der Waals surface area contributed by atoms with Gasteiger partial charge in [-0.3, -0.25) is 9.36 Å². The molecule has 0 aliphatic carbocycles. The molecule has 0 N–H and O–H groups in total. The van der Waals surface area contributed by atoms with Crippen LogP contribution in [0.5, 0.6) is 0 Å². The van der Waals surface area contributed by atoms with Crippen molar-refractivity contribution in [2.45, 2.75) is 13.5 Å². The van der Waals surface area contributed by atoms with Gasteiger partial charge in [-0.25, -0.2) is 9.97 Å². The van der Waals surface area contributed by atoms with E-state index in [1.165, 1.54) is 0 Å². The van der Waals surface area contributed by atoms with E-state index in [1.807, 2.05) is 73.0 Å². The van der Waals surface area contributed by atoms with Crippen molar-refractivity contribution in [2.24, 2.45) is 0 Å². The van der Waals surface area contributed by atoms with E-state index in [1.54, 1.807) is 33.6 Å². The third-order valence-electron chi connectivity index (χ3n) is 4.82. The van der Waals surface area contributed by atoms with Crippen LogP contribution in [0, 0.1) is 6.92 Å². The highest BCUT2D eigenvalue weighted by Crippen LogP contribution is 2.35. The number of benzene rings is 2. The van der Waals surface area contributed by atoms with E-state index in [0.29, 0.717) is 11.9 Å². The highest BCUT2D eigenvalue weighted by atomic mass is 32.1. The van der Waals surface area contributed by atoms with Gasteiger partial charge in [0.15, 0.2) is 0 Å². The first-order valence-electron chi connectivity index (χ1n) is 9.24. The van der Waals surface area contributed by atoms with Gasteiger partial charge in [0.05, 0.1) is 24.0 Å². The minimum Gasteiger partial charge on any atom is -0.293 e. The van der Waals surface area contributed by atoms with E-state index in [9.17, 15) is 4.79 Å². The summed E-state index contributed by atoms with van der Waals surface area (Å²) in [5.74, 6) is 0. The van der Waals surface area contributed by atoms with Gasteiger partial charge in [0.2, 0.25) is 0 Å². The lowest BCUT2D eigenvalue weighted by Gasteiger charge is -2.05. The fraction of sp³-hybridized carbons (Fsp3) is 0.0870. The van der Waals surface area contributed by atoms with Gasteiger partial charge in [-0.15, -0.1) is 22.7 Å². The van der Waals surface area contributed by atoms with E-state index in [-0.39, 0.29) is 5.56 Å². The molecule has 0 saturated carbocycles. The number of aromatic nitrogens is 3. The Morgan fingerprint density at radius 2 is 1.66 bits per heavy atom. The Balaban J connectivity index is 1.56. The fourth-order valence-electron chi connectivity index (χ4n) is 3.47. The molecule has 3 heterocycles. The second-order valence-corrected chi connectivity index (χ2v) is 8.83. The van der Waals surface area contributed by atoms with Gasteiger partial charge in [0, 0.05) is 21.4 Å². The van der Waals surface area contributed by atoms with E-state index in [2.05, 4.69) is 4.98 Å². The molecule has 0 bridgehead atoms. The Kier molecular flexibility index (Phi) is 4.58. The number of fused-ring (bicyclic) bond motifs is 1. The SMILES string of the molecule is Cc1sc2ncn(Cc3csc(-c4ccccc4)n3)c(=O)c2c1-c1ccccc1. The summed E-state index contributed by atoms with van der Waals surface area (Å²) in [5, 5.41) is 3.66. The van der Waals surface area contributed by atoms with Crippen LogP contribution >= 0.6 is 22.7 Å². The lowest BCUT2D eigenvalue weighted by atomic mass is 10.0. The van der Waals surface area contributed by atoms with Crippen LogP contribution in [0.2, 0.25) is 0 Å². The molecule has 0 radical (unpaired) electrons. The molecule has 0 fully saturated rings. The maximum Gasteiger partial charge on any atom is 0.263 e. The summed E-state index contributed by atoms with van der Waals surface area (Å²) in [6.07, 6.45) is 1.64. The summed E-state index contributed by atoms with van der Waals surface area (Å²) in [4.78, 5) is 24.5. The molecule has 0 aliphatic heterocycles. The number of hydrogen-bond donors (Lipinski definition) is 0. The third-order valence-corrected chi connectivity index (χ3v) is 6.78. The molecular formula is C23H17N3OS2. The van der Waals surface area contributed by atoms with E-state index in [4.69, 9.17) is 4.98 Å². The van der Waals surface area contributed by atoms with Crippen LogP contribution in [-0.4, -0.2) is 14.5 Å². The largest absolute Gasteiger partial charge is 0.293 e. The smallest absolute Gasteiger partial charge is 0.263 e. The van der Waals surface area contributed by atoms with Gasteiger partial charge in [0.1, 0.15) is 9.84 Å². The molecule has 5 aromatic rings. The van der Waals surface area contributed by atoms with Crippen molar-refractivity contribution in [1.29, 1.82) is 0 Å². The molecule has 4 nitrogen and oxygen atoms in total. The first kappa shape index (κ1) is 18.0. The molecule has 142 valence electrons. The van der Waals surface area contributed by atoms with Gasteiger partial charge in [-0.2, -0.15) is 0 Å². The average Bonchev–Trinajstić information content (AvgIpc) is 3.36. The summed E-state index contributed by atoms with van der Waals surface area (Å²) in [6.45, 7) is 2.46. The lowest BCUT2D eigenvalue weighted by Crippen LogP contribution is -2.21. The van der Waals surface area contributed by atoms with Crippen molar-refractivity contribution >= 4 is 32.9 Å². The van der Waals surface area contributed by atoms with Crippen LogP contribution in [0.3, 0.4) is 0 Å². The Hall–Kier alpha value is -3.09. The molecule has 2 aromatic carbocycles. The van der Waals surface area contributed by atoms with Crippen LogP contribution in [0.4, 0.5) is 0 Å². The van der Waals surface area contributed by atoms with Crippen molar-refractivity contribution in [3.05, 3.63) is 93.3 Å². The van der Waals surface area contributed by atoms with Gasteiger partial charge in [0.25, 0.3) is 5.56 Å². The highest BCUT2D eigenvalue weighted by Gasteiger charge is 2.17. The molecule has 3 aromatic heterocycles. The maximum absolute atomic E-state index is 13.3. The summed E-state index contributed by atoms with van der Waals surface area (Å²) < 4.78 is 1.66. The van der Waals surface area contributed by atoms with Crippen molar-refractivity contribution in [3.63, 3.8) is 0 Å². The van der Waals surface area contributed by atoms with Gasteiger partial charge >= 0.3 is 0 Å². The quantitative estimate of drug-likeness (QED) is 0.384. The van der Waals surface area contributed by atoms with Crippen molar-refractivity contribution < 1.29 is 0 Å². The van der Waals surface area contributed by atoms with E-state index in [0.717, 1.165) is 37.1 Å². The summed E-state index contributed by atoms with van der Waals surface area (Å²) in [5.41, 5.74) is 3.97. The van der Waals surface area contributed by atoms with Gasteiger partial charge in [-0.05, 0) is 12.5 Å². The van der Waals surface area contributed by atoms with Crippen LogP contribution in [-0.2, 0) is 6.54 Å². The van der Waals surface area contributed by atoms with Crippen LogP contribution in [0.15, 0.2) is 77.2 Å². The number of nitrogens with zero attached hydrogens (tertiary/aromatic N) is 3. The number of aryl methyl sites for hydroxylation is 1. The van der Waals surface area contributed by atoms with E-state index >= 15 is 0 Å². The monoisotopic (exact) mass is 415 g/mol. The van der Waals surface area contributed by atoms with Gasteiger partial charge in [-0.1, -0.05) is 60.7 Å². The normalized spacial score (nSPS) is 11.2. The zero-order valence-electron chi connectivity index (χ0n) is 15.7. The summed E-state index contributed by atoms with van der Waals surface area (Å²) in [7, 11) is 0. The average molecular weight is 416 g/mol. The molecule has 29 heavy (non-hydrogen) atoms. The van der Waals surface area contributed by atoms with Gasteiger partial charge < -0.3 is 0 Å². The maximum atomic E-state index is 13.3.